The van der Waals surface area contributed by atoms with Crippen LogP contribution in [0.2, 0.25) is 0 Å². The summed E-state index contributed by atoms with van der Waals surface area (Å²) in [6, 6.07) is 2.39. The fraction of sp³-hybridized carbons (Fsp3) is 0.222. The van der Waals surface area contributed by atoms with E-state index < -0.39 is 23.1 Å². The summed E-state index contributed by atoms with van der Waals surface area (Å²) in [5, 5.41) is 7.69. The Bertz CT molecular complexity index is 471. The van der Waals surface area contributed by atoms with Crippen molar-refractivity contribution in [3.63, 3.8) is 0 Å². The van der Waals surface area contributed by atoms with E-state index in [1.165, 1.54) is 13.2 Å². The fourth-order valence-electron chi connectivity index (χ4n) is 1.08. The number of methoxy groups -OCH3 is 1. The molecule has 0 saturated heterocycles. The summed E-state index contributed by atoms with van der Waals surface area (Å²) in [6.07, 6.45) is -2.86. The number of halogens is 3. The molecule has 0 bridgehead atoms. The molecule has 0 aromatic carbocycles. The standard InChI is InChI=1S/C9H5ClF2N2O2/c1-16-6-2-4(9(11)12)14-5(3-13)7(6)8(10)15/h2,9H,1H3. The van der Waals surface area contributed by atoms with E-state index >= 15 is 0 Å². The molecule has 7 heteroatoms. The van der Waals surface area contributed by atoms with Gasteiger partial charge in [-0.25, -0.2) is 13.8 Å². The molecule has 0 amide bonds. The highest BCUT2D eigenvalue weighted by atomic mass is 35.5. The van der Waals surface area contributed by atoms with Gasteiger partial charge in [-0.2, -0.15) is 5.26 Å². The van der Waals surface area contributed by atoms with Gasteiger partial charge in [-0.15, -0.1) is 0 Å². The maximum atomic E-state index is 12.4. The quantitative estimate of drug-likeness (QED) is 0.768. The van der Waals surface area contributed by atoms with Crippen molar-refractivity contribution in [1.82, 2.24) is 4.98 Å². The third-order valence-electron chi connectivity index (χ3n) is 1.75. The number of aromatic nitrogens is 1. The van der Waals surface area contributed by atoms with Crippen LogP contribution in [-0.4, -0.2) is 17.3 Å². The van der Waals surface area contributed by atoms with E-state index in [1.54, 1.807) is 0 Å². The summed E-state index contributed by atoms with van der Waals surface area (Å²) < 4.78 is 29.5. The molecule has 1 rings (SSSR count). The van der Waals surface area contributed by atoms with Gasteiger partial charge in [-0.3, -0.25) is 4.79 Å². The number of pyridine rings is 1. The smallest absolute Gasteiger partial charge is 0.280 e. The highest BCUT2D eigenvalue weighted by Crippen LogP contribution is 2.28. The van der Waals surface area contributed by atoms with Crippen LogP contribution in [0.4, 0.5) is 8.78 Å². The first-order valence-electron chi connectivity index (χ1n) is 3.98. The van der Waals surface area contributed by atoms with Crippen molar-refractivity contribution in [2.45, 2.75) is 6.43 Å². The lowest BCUT2D eigenvalue weighted by molar-refractivity contribution is 0.107. The molecule has 0 aliphatic heterocycles. The van der Waals surface area contributed by atoms with Crippen LogP contribution in [0.1, 0.15) is 28.2 Å². The average molecular weight is 247 g/mol. The maximum absolute atomic E-state index is 12.4. The number of carbonyl (C=O) groups excluding carboxylic acids is 1. The lowest BCUT2D eigenvalue weighted by atomic mass is 10.1. The highest BCUT2D eigenvalue weighted by Gasteiger charge is 2.21. The molecule has 16 heavy (non-hydrogen) atoms. The number of hydrogen-bond acceptors (Lipinski definition) is 4. The molecule has 0 saturated carbocycles. The van der Waals surface area contributed by atoms with Crippen molar-refractivity contribution in [2.75, 3.05) is 7.11 Å². The lowest BCUT2D eigenvalue weighted by Crippen LogP contribution is -2.05. The van der Waals surface area contributed by atoms with Crippen LogP contribution in [0.3, 0.4) is 0 Å². The molecule has 0 unspecified atom stereocenters. The second-order valence-electron chi connectivity index (χ2n) is 2.66. The molecule has 0 radical (unpaired) electrons. The third-order valence-corrected chi connectivity index (χ3v) is 1.94. The Balaban J connectivity index is 3.51. The number of hydrogen-bond donors (Lipinski definition) is 0. The molecule has 1 heterocycles. The van der Waals surface area contributed by atoms with Gasteiger partial charge in [0.15, 0.2) is 5.69 Å². The van der Waals surface area contributed by atoms with Gasteiger partial charge in [-0.05, 0) is 11.6 Å². The molecule has 4 nitrogen and oxygen atoms in total. The summed E-state index contributed by atoms with van der Waals surface area (Å²) in [7, 11) is 1.18. The molecular formula is C9H5ClF2N2O2. The first-order chi connectivity index (χ1) is 7.51. The Morgan fingerprint density at radius 3 is 2.69 bits per heavy atom. The van der Waals surface area contributed by atoms with E-state index in [0.29, 0.717) is 0 Å². The first-order valence-corrected chi connectivity index (χ1v) is 4.36. The topological polar surface area (TPSA) is 63.0 Å². The Morgan fingerprint density at radius 1 is 1.69 bits per heavy atom. The first kappa shape index (κ1) is 12.3. The predicted octanol–water partition coefficient (Wildman–Crippen LogP) is 2.28. The van der Waals surface area contributed by atoms with Crippen molar-refractivity contribution in [1.29, 1.82) is 5.26 Å². The predicted molar refractivity (Wildman–Crippen MR) is 50.6 cm³/mol. The van der Waals surface area contributed by atoms with Gasteiger partial charge < -0.3 is 4.74 Å². The highest BCUT2D eigenvalue weighted by molar-refractivity contribution is 6.68. The largest absolute Gasteiger partial charge is 0.496 e. The van der Waals surface area contributed by atoms with Crippen LogP contribution in [-0.2, 0) is 0 Å². The number of carbonyl (C=O) groups is 1. The molecule has 84 valence electrons. The van der Waals surface area contributed by atoms with Crippen molar-refractivity contribution >= 4 is 16.8 Å². The van der Waals surface area contributed by atoms with Gasteiger partial charge in [0.25, 0.3) is 11.7 Å². The Morgan fingerprint density at radius 2 is 2.31 bits per heavy atom. The van der Waals surface area contributed by atoms with Gasteiger partial charge in [0.1, 0.15) is 23.1 Å². The normalized spacial score (nSPS) is 10.0. The number of rotatable bonds is 3. The van der Waals surface area contributed by atoms with Gasteiger partial charge >= 0.3 is 0 Å². The van der Waals surface area contributed by atoms with Crippen molar-refractivity contribution < 1.29 is 18.3 Å². The van der Waals surface area contributed by atoms with E-state index in [-0.39, 0.29) is 11.3 Å². The van der Waals surface area contributed by atoms with Crippen LogP contribution in [0.15, 0.2) is 6.07 Å². The maximum Gasteiger partial charge on any atom is 0.280 e. The van der Waals surface area contributed by atoms with Crippen molar-refractivity contribution in [3.8, 4) is 11.8 Å². The van der Waals surface area contributed by atoms with Crippen LogP contribution < -0.4 is 4.74 Å². The number of nitriles is 1. The minimum absolute atomic E-state index is 0.193. The van der Waals surface area contributed by atoms with E-state index in [2.05, 4.69) is 4.98 Å². The zero-order valence-corrected chi connectivity index (χ0v) is 8.76. The minimum atomic E-state index is -2.86. The molecule has 0 atom stereocenters. The molecule has 1 aromatic rings. The van der Waals surface area contributed by atoms with E-state index in [1.807, 2.05) is 0 Å². The van der Waals surface area contributed by atoms with E-state index in [9.17, 15) is 13.6 Å². The van der Waals surface area contributed by atoms with Crippen LogP contribution in [0.25, 0.3) is 0 Å². The molecule has 0 spiro atoms. The van der Waals surface area contributed by atoms with Crippen LogP contribution in [0.5, 0.6) is 5.75 Å². The summed E-state index contributed by atoms with van der Waals surface area (Å²) in [6.45, 7) is 0. The van der Waals surface area contributed by atoms with E-state index in [0.717, 1.165) is 6.07 Å². The molecular weight excluding hydrogens is 242 g/mol. The number of alkyl halides is 2. The summed E-state index contributed by atoms with van der Waals surface area (Å²) in [5.41, 5.74) is -1.43. The second-order valence-corrected chi connectivity index (χ2v) is 3.00. The molecule has 1 aromatic heterocycles. The summed E-state index contributed by atoms with van der Waals surface area (Å²) in [4.78, 5) is 14.3. The zero-order chi connectivity index (χ0) is 12.3. The molecule has 0 aliphatic rings. The average Bonchev–Trinajstić information content (AvgIpc) is 2.26. The number of ether oxygens (including phenoxy) is 1. The van der Waals surface area contributed by atoms with Crippen LogP contribution >= 0.6 is 11.6 Å². The van der Waals surface area contributed by atoms with Crippen molar-refractivity contribution in [2.24, 2.45) is 0 Å². The summed E-state index contributed by atoms with van der Waals surface area (Å²) in [5.74, 6) is -0.193. The second kappa shape index (κ2) is 4.86. The Kier molecular flexibility index (Phi) is 3.74. The van der Waals surface area contributed by atoms with Gasteiger partial charge in [0.2, 0.25) is 0 Å². The zero-order valence-electron chi connectivity index (χ0n) is 8.00. The molecule has 0 aliphatic carbocycles. The third kappa shape index (κ3) is 2.25. The fourth-order valence-corrected chi connectivity index (χ4v) is 1.27. The lowest BCUT2D eigenvalue weighted by Gasteiger charge is -2.08. The monoisotopic (exact) mass is 246 g/mol. The van der Waals surface area contributed by atoms with Crippen molar-refractivity contribution in [3.05, 3.63) is 23.0 Å². The Labute approximate surface area is 94.4 Å². The minimum Gasteiger partial charge on any atom is -0.496 e. The van der Waals surface area contributed by atoms with Crippen LogP contribution in [0, 0.1) is 11.3 Å². The van der Waals surface area contributed by atoms with Gasteiger partial charge in [-0.1, -0.05) is 0 Å². The van der Waals surface area contributed by atoms with Gasteiger partial charge in [0.05, 0.1) is 7.11 Å². The van der Waals surface area contributed by atoms with Gasteiger partial charge in [0, 0.05) is 6.07 Å². The summed E-state index contributed by atoms with van der Waals surface area (Å²) >= 11 is 5.21. The molecule has 0 N–H and O–H groups in total. The molecule has 0 fully saturated rings. The Hall–Kier alpha value is -1.74. The van der Waals surface area contributed by atoms with E-state index in [4.69, 9.17) is 21.6 Å². The SMILES string of the molecule is COc1cc(C(F)F)nc(C#N)c1C(=O)Cl. The number of nitrogens with zero attached hydrogens (tertiary/aromatic N) is 2.